The molecule has 3 N–H and O–H groups in total. The lowest BCUT2D eigenvalue weighted by atomic mass is 9.93. The molecule has 1 heterocycles. The molecular formula is C16H24N4. The van der Waals surface area contributed by atoms with Gasteiger partial charge in [0.15, 0.2) is 0 Å². The first-order valence-corrected chi connectivity index (χ1v) is 6.91. The minimum Gasteiger partial charge on any atom is -0.399 e. The molecular weight excluding hydrogens is 248 g/mol. The van der Waals surface area contributed by atoms with E-state index in [1.165, 1.54) is 0 Å². The number of nitrogens with two attached hydrogens (primary N) is 1. The van der Waals surface area contributed by atoms with Gasteiger partial charge in [0.2, 0.25) is 0 Å². The van der Waals surface area contributed by atoms with Crippen molar-refractivity contribution in [1.29, 1.82) is 0 Å². The standard InChI is InChI=1S/C16H24N4/c1-16(2,11-20(3)4)10-18-15-8-5-12-9-13(17)6-7-14(12)19-15/h5-9H,10-11,17H2,1-4H3,(H,18,19). The highest BCUT2D eigenvalue weighted by atomic mass is 15.1. The summed E-state index contributed by atoms with van der Waals surface area (Å²) in [5.41, 5.74) is 7.71. The van der Waals surface area contributed by atoms with Crippen LogP contribution >= 0.6 is 0 Å². The molecule has 0 atom stereocenters. The number of benzene rings is 1. The van der Waals surface area contributed by atoms with E-state index >= 15 is 0 Å². The second-order valence-corrected chi connectivity index (χ2v) is 6.40. The number of nitrogens with one attached hydrogen (secondary N) is 1. The molecule has 0 saturated carbocycles. The van der Waals surface area contributed by atoms with Crippen molar-refractivity contribution in [2.45, 2.75) is 13.8 Å². The van der Waals surface area contributed by atoms with Crippen LogP contribution in [0.1, 0.15) is 13.8 Å². The van der Waals surface area contributed by atoms with Crippen LogP contribution in [0.5, 0.6) is 0 Å². The highest BCUT2D eigenvalue weighted by Gasteiger charge is 2.18. The third-order valence-corrected chi connectivity index (χ3v) is 3.21. The molecule has 108 valence electrons. The number of rotatable bonds is 5. The normalized spacial score (nSPS) is 12.1. The molecule has 0 saturated heterocycles. The van der Waals surface area contributed by atoms with Crippen LogP contribution in [0.2, 0.25) is 0 Å². The van der Waals surface area contributed by atoms with Crippen molar-refractivity contribution in [1.82, 2.24) is 9.88 Å². The van der Waals surface area contributed by atoms with Gasteiger partial charge in [-0.3, -0.25) is 0 Å². The van der Waals surface area contributed by atoms with E-state index in [0.29, 0.717) is 0 Å². The number of nitrogen functional groups attached to an aromatic ring is 1. The van der Waals surface area contributed by atoms with Gasteiger partial charge in [-0.05, 0) is 49.8 Å². The number of fused-ring (bicyclic) bond motifs is 1. The van der Waals surface area contributed by atoms with E-state index in [0.717, 1.165) is 35.5 Å². The summed E-state index contributed by atoms with van der Waals surface area (Å²) in [6.45, 7) is 6.42. The number of aromatic nitrogens is 1. The first-order chi connectivity index (χ1) is 9.35. The number of hydrogen-bond donors (Lipinski definition) is 2. The van der Waals surface area contributed by atoms with E-state index in [2.05, 4.69) is 49.2 Å². The summed E-state index contributed by atoms with van der Waals surface area (Å²) in [5.74, 6) is 0.911. The van der Waals surface area contributed by atoms with Crippen molar-refractivity contribution in [3.8, 4) is 0 Å². The Balaban J connectivity index is 2.08. The molecule has 0 fully saturated rings. The molecule has 0 aliphatic carbocycles. The Morgan fingerprint density at radius 3 is 2.65 bits per heavy atom. The first-order valence-electron chi connectivity index (χ1n) is 6.91. The molecule has 0 aliphatic heterocycles. The molecule has 0 spiro atoms. The molecule has 0 radical (unpaired) electrons. The molecule has 0 aliphatic rings. The number of pyridine rings is 1. The molecule has 1 aromatic heterocycles. The largest absolute Gasteiger partial charge is 0.399 e. The van der Waals surface area contributed by atoms with Crippen LogP contribution in [0.15, 0.2) is 30.3 Å². The van der Waals surface area contributed by atoms with E-state index in [9.17, 15) is 0 Å². The summed E-state index contributed by atoms with van der Waals surface area (Å²) in [7, 11) is 4.20. The molecule has 2 rings (SSSR count). The molecule has 20 heavy (non-hydrogen) atoms. The van der Waals surface area contributed by atoms with E-state index in [-0.39, 0.29) is 5.41 Å². The van der Waals surface area contributed by atoms with Gasteiger partial charge in [-0.2, -0.15) is 0 Å². The van der Waals surface area contributed by atoms with E-state index < -0.39 is 0 Å². The van der Waals surface area contributed by atoms with E-state index in [1.807, 2.05) is 24.3 Å². The Morgan fingerprint density at radius 2 is 1.95 bits per heavy atom. The predicted octanol–water partition coefficient (Wildman–Crippen LogP) is 2.82. The Hall–Kier alpha value is -1.81. The topological polar surface area (TPSA) is 54.2 Å². The fourth-order valence-corrected chi connectivity index (χ4v) is 2.48. The van der Waals surface area contributed by atoms with Crippen LogP contribution < -0.4 is 11.1 Å². The number of anilines is 2. The minimum atomic E-state index is 0.196. The summed E-state index contributed by atoms with van der Waals surface area (Å²) < 4.78 is 0. The lowest BCUT2D eigenvalue weighted by molar-refractivity contribution is 0.254. The molecule has 0 bridgehead atoms. The smallest absolute Gasteiger partial charge is 0.126 e. The van der Waals surface area contributed by atoms with Crippen LogP contribution in [-0.4, -0.2) is 37.1 Å². The van der Waals surface area contributed by atoms with E-state index in [1.54, 1.807) is 0 Å². The van der Waals surface area contributed by atoms with Crippen molar-refractivity contribution in [3.05, 3.63) is 30.3 Å². The van der Waals surface area contributed by atoms with Gasteiger partial charge in [0.25, 0.3) is 0 Å². The maximum Gasteiger partial charge on any atom is 0.126 e. The maximum absolute atomic E-state index is 5.78. The Bertz CT molecular complexity index is 590. The van der Waals surface area contributed by atoms with Crippen molar-refractivity contribution in [3.63, 3.8) is 0 Å². The molecule has 2 aromatic rings. The Labute approximate surface area is 121 Å². The number of hydrogen-bond acceptors (Lipinski definition) is 4. The summed E-state index contributed by atoms with van der Waals surface area (Å²) in [6, 6.07) is 9.85. The Kier molecular flexibility index (Phi) is 4.14. The van der Waals surface area contributed by atoms with Crippen LogP contribution in [0.3, 0.4) is 0 Å². The summed E-state index contributed by atoms with van der Waals surface area (Å²) >= 11 is 0. The van der Waals surface area contributed by atoms with Crippen molar-refractivity contribution in [2.24, 2.45) is 5.41 Å². The first kappa shape index (κ1) is 14.6. The number of nitrogens with zero attached hydrogens (tertiary/aromatic N) is 2. The van der Waals surface area contributed by atoms with Crippen LogP contribution in [0.25, 0.3) is 10.9 Å². The second-order valence-electron chi connectivity index (χ2n) is 6.40. The maximum atomic E-state index is 5.78. The molecule has 4 heteroatoms. The van der Waals surface area contributed by atoms with Gasteiger partial charge >= 0.3 is 0 Å². The third kappa shape index (κ3) is 3.84. The highest BCUT2D eigenvalue weighted by Crippen LogP contribution is 2.20. The van der Waals surface area contributed by atoms with E-state index in [4.69, 9.17) is 5.73 Å². The second kappa shape index (κ2) is 5.67. The van der Waals surface area contributed by atoms with Gasteiger partial charge in [-0.1, -0.05) is 13.8 Å². The van der Waals surface area contributed by atoms with Crippen LogP contribution in [-0.2, 0) is 0 Å². The zero-order chi connectivity index (χ0) is 14.8. The molecule has 0 amide bonds. The van der Waals surface area contributed by atoms with Crippen LogP contribution in [0, 0.1) is 5.41 Å². The monoisotopic (exact) mass is 272 g/mol. The zero-order valence-electron chi connectivity index (χ0n) is 12.8. The zero-order valence-corrected chi connectivity index (χ0v) is 12.8. The van der Waals surface area contributed by atoms with Gasteiger partial charge in [0.05, 0.1) is 5.52 Å². The van der Waals surface area contributed by atoms with Gasteiger partial charge < -0.3 is 16.0 Å². The lowest BCUT2D eigenvalue weighted by Gasteiger charge is -2.28. The highest BCUT2D eigenvalue weighted by molar-refractivity contribution is 5.83. The van der Waals surface area contributed by atoms with Gasteiger partial charge in [-0.15, -0.1) is 0 Å². The SMILES string of the molecule is CN(C)CC(C)(C)CNc1ccc2cc(N)ccc2n1. The third-order valence-electron chi connectivity index (χ3n) is 3.21. The summed E-state index contributed by atoms with van der Waals surface area (Å²) in [4.78, 5) is 6.82. The van der Waals surface area contributed by atoms with Gasteiger partial charge in [0.1, 0.15) is 5.82 Å². The quantitative estimate of drug-likeness (QED) is 0.822. The van der Waals surface area contributed by atoms with Gasteiger partial charge in [0, 0.05) is 24.2 Å². The fraction of sp³-hybridized carbons (Fsp3) is 0.438. The minimum absolute atomic E-state index is 0.196. The van der Waals surface area contributed by atoms with Gasteiger partial charge in [-0.25, -0.2) is 4.98 Å². The summed E-state index contributed by atoms with van der Waals surface area (Å²) in [5, 5.41) is 4.50. The van der Waals surface area contributed by atoms with Crippen molar-refractivity contribution in [2.75, 3.05) is 38.2 Å². The molecule has 4 nitrogen and oxygen atoms in total. The predicted molar refractivity (Wildman–Crippen MR) is 87.0 cm³/mol. The average molecular weight is 272 g/mol. The lowest BCUT2D eigenvalue weighted by Crippen LogP contribution is -2.34. The molecule has 1 aromatic carbocycles. The fourth-order valence-electron chi connectivity index (χ4n) is 2.48. The van der Waals surface area contributed by atoms with Crippen LogP contribution in [0.4, 0.5) is 11.5 Å². The van der Waals surface area contributed by atoms with Crippen molar-refractivity contribution >= 4 is 22.4 Å². The summed E-state index contributed by atoms with van der Waals surface area (Å²) in [6.07, 6.45) is 0. The Morgan fingerprint density at radius 1 is 1.20 bits per heavy atom. The van der Waals surface area contributed by atoms with Crippen molar-refractivity contribution < 1.29 is 0 Å². The molecule has 0 unspecified atom stereocenters. The average Bonchev–Trinajstić information content (AvgIpc) is 2.35.